The van der Waals surface area contributed by atoms with Gasteiger partial charge in [-0.05, 0) is 131 Å². The summed E-state index contributed by atoms with van der Waals surface area (Å²) < 4.78 is 0. The fourth-order valence-electron chi connectivity index (χ4n) is 4.31. The molecule has 51 heavy (non-hydrogen) atoms. The zero-order valence-electron chi connectivity index (χ0n) is 33.9. The Bertz CT molecular complexity index is 1470. The first-order valence-electron chi connectivity index (χ1n) is 18.0. The molecule has 0 N–H and O–H groups in total. The van der Waals surface area contributed by atoms with Crippen molar-refractivity contribution in [1.29, 1.82) is 0 Å². The Labute approximate surface area is 316 Å². The van der Waals surface area contributed by atoms with Crippen LogP contribution in [0.5, 0.6) is 0 Å². The van der Waals surface area contributed by atoms with Crippen LogP contribution in [0, 0.1) is 13.8 Å². The number of hydrogen-bond acceptors (Lipinski definition) is 3. The first-order chi connectivity index (χ1) is 23.6. The van der Waals surface area contributed by atoms with Gasteiger partial charge in [0.15, 0.2) is 0 Å². The predicted octanol–water partition coefficient (Wildman–Crippen LogP) is 14.8. The van der Waals surface area contributed by atoms with Crippen molar-refractivity contribution in [1.82, 2.24) is 14.9 Å². The van der Waals surface area contributed by atoms with Gasteiger partial charge in [-0.3, -0.25) is 0 Å². The van der Waals surface area contributed by atoms with E-state index in [0.29, 0.717) is 6.04 Å². The minimum atomic E-state index is 0. The molecule has 3 aromatic rings. The normalized spacial score (nSPS) is 10.4. The number of rotatable bonds is 12. The van der Waals surface area contributed by atoms with Crippen molar-refractivity contribution in [3.8, 4) is 0 Å². The topological polar surface area (TPSA) is 29.0 Å². The maximum absolute atomic E-state index is 4.68. The van der Waals surface area contributed by atoms with Crippen molar-refractivity contribution >= 4 is 22.4 Å². The van der Waals surface area contributed by atoms with Crippen LogP contribution in [0.4, 0.5) is 0 Å². The fraction of sp³-hybridized carbons (Fsp3) is 0.375. The minimum Gasteiger partial charge on any atom is -0.368 e. The van der Waals surface area contributed by atoms with Crippen LogP contribution in [0.3, 0.4) is 0 Å². The van der Waals surface area contributed by atoms with Crippen LogP contribution >= 0.6 is 0 Å². The molecule has 0 aliphatic rings. The number of allylic oxidation sites excluding steroid dienone is 7. The molecule has 0 amide bonds. The summed E-state index contributed by atoms with van der Waals surface area (Å²) in [5.74, 6) is 0. The van der Waals surface area contributed by atoms with Gasteiger partial charge in [-0.2, -0.15) is 0 Å². The van der Waals surface area contributed by atoms with E-state index in [0.717, 1.165) is 58.2 Å². The van der Waals surface area contributed by atoms with Crippen LogP contribution < -0.4 is 0 Å². The second-order valence-corrected chi connectivity index (χ2v) is 12.3. The molecule has 2 aromatic heterocycles. The second kappa shape index (κ2) is 29.3. The van der Waals surface area contributed by atoms with Gasteiger partial charge in [-0.25, -0.2) is 9.97 Å². The molecule has 0 saturated heterocycles. The Hall–Kier alpha value is -4.50. The zero-order chi connectivity index (χ0) is 38.8. The molecule has 1 atom stereocenters. The van der Waals surface area contributed by atoms with E-state index in [4.69, 9.17) is 0 Å². The maximum Gasteiger partial charge on any atom is 0.0864 e. The molecule has 0 saturated carbocycles. The lowest BCUT2D eigenvalue weighted by Gasteiger charge is -2.32. The molecule has 0 aliphatic carbocycles. The summed E-state index contributed by atoms with van der Waals surface area (Å²) in [6.07, 6.45) is 7.15. The number of nitrogens with zero attached hydrogens (tertiary/aromatic N) is 3. The highest BCUT2D eigenvalue weighted by Gasteiger charge is 2.16. The van der Waals surface area contributed by atoms with Crippen LogP contribution in [0.2, 0.25) is 0 Å². The van der Waals surface area contributed by atoms with E-state index < -0.39 is 0 Å². The standard InChI is InChI=1S/C18H28N2.C11H13N.C8H10.C8H12.C2H6.CH4/c1-7-10-15(5)20(13-8-2)16(6)18-12-9-11-17(19-18)14(3)4;1-8(2)10-6-5-7-11(12-10)9(3)4;1-7-5-3-4-6-8(7)2;1-5-7(3)8(4)6-2;1-2;/h9,11-12,15H,3,6-8,10,13H2,1-2,4-5H3;5-7H,1,3H2,2,4H3;3-6H,1-2H3;5-6H,1-2H2,3-4H3;1-2H3;1H4/b;;;8-7-;;. The van der Waals surface area contributed by atoms with Gasteiger partial charge >= 0.3 is 0 Å². The summed E-state index contributed by atoms with van der Waals surface area (Å²) in [4.78, 5) is 11.4. The third-order valence-electron chi connectivity index (χ3n) is 7.82. The highest BCUT2D eigenvalue weighted by molar-refractivity contribution is 5.64. The number of pyridine rings is 2. The van der Waals surface area contributed by atoms with Gasteiger partial charge < -0.3 is 4.90 Å². The summed E-state index contributed by atoms with van der Waals surface area (Å²) in [6, 6.07) is 20.8. The van der Waals surface area contributed by atoms with Crippen molar-refractivity contribution < 1.29 is 0 Å². The van der Waals surface area contributed by atoms with Gasteiger partial charge in [-0.1, -0.05) is 130 Å². The van der Waals surface area contributed by atoms with Crippen LogP contribution in [-0.2, 0) is 0 Å². The summed E-state index contributed by atoms with van der Waals surface area (Å²) >= 11 is 0. The van der Waals surface area contributed by atoms with Crippen molar-refractivity contribution in [2.75, 3.05) is 6.54 Å². The number of benzene rings is 1. The Morgan fingerprint density at radius 2 is 0.980 bits per heavy atom. The smallest absolute Gasteiger partial charge is 0.0864 e. The van der Waals surface area contributed by atoms with Crippen LogP contribution in [-0.4, -0.2) is 27.5 Å². The average Bonchev–Trinajstić information content (AvgIpc) is 3.12. The van der Waals surface area contributed by atoms with Crippen LogP contribution in [0.1, 0.15) is 130 Å². The quantitative estimate of drug-likeness (QED) is 0.177. The van der Waals surface area contributed by atoms with E-state index in [-0.39, 0.29) is 7.43 Å². The third-order valence-corrected chi connectivity index (χ3v) is 7.82. The molecule has 3 heteroatoms. The lowest BCUT2D eigenvalue weighted by atomic mass is 10.1. The van der Waals surface area contributed by atoms with E-state index >= 15 is 0 Å². The lowest BCUT2D eigenvalue weighted by molar-refractivity contribution is 0.295. The molecule has 3 nitrogen and oxygen atoms in total. The molecule has 1 aromatic carbocycles. The molecule has 3 rings (SSSR count). The largest absolute Gasteiger partial charge is 0.368 e. The van der Waals surface area contributed by atoms with Gasteiger partial charge in [0.2, 0.25) is 0 Å². The summed E-state index contributed by atoms with van der Waals surface area (Å²) in [7, 11) is 0. The SMILES string of the molecule is C.C=C(C)c1cccc(C(=C)C)n1.C=C(C)c1cccc(C(=C)N(CCC)C(C)CCC)n1.C=C/C(C)=C(/C)C=C.CC.Cc1ccccc1C. The fourth-order valence-corrected chi connectivity index (χ4v) is 4.31. The van der Waals surface area contributed by atoms with E-state index in [9.17, 15) is 0 Å². The molecule has 0 spiro atoms. The van der Waals surface area contributed by atoms with Gasteiger partial charge in [0.05, 0.1) is 28.5 Å². The van der Waals surface area contributed by atoms with Gasteiger partial charge in [0.1, 0.15) is 0 Å². The van der Waals surface area contributed by atoms with Crippen LogP contribution in [0.25, 0.3) is 22.4 Å². The molecule has 0 aliphatic heterocycles. The Morgan fingerprint density at radius 1 is 0.627 bits per heavy atom. The van der Waals surface area contributed by atoms with Crippen molar-refractivity contribution in [2.24, 2.45) is 0 Å². The molecule has 280 valence electrons. The van der Waals surface area contributed by atoms with Crippen molar-refractivity contribution in [3.05, 3.63) is 157 Å². The molecular formula is C48H73N3. The Kier molecular flexibility index (Phi) is 29.2. The van der Waals surface area contributed by atoms with E-state index in [2.05, 4.69) is 113 Å². The number of aromatic nitrogens is 2. The first kappa shape index (κ1) is 50.9. The molecule has 0 radical (unpaired) electrons. The van der Waals surface area contributed by atoms with Crippen molar-refractivity contribution in [3.63, 3.8) is 0 Å². The van der Waals surface area contributed by atoms with E-state index in [1.165, 1.54) is 35.1 Å². The maximum atomic E-state index is 4.68. The summed E-state index contributed by atoms with van der Waals surface area (Å²) in [5.41, 5.74) is 12.9. The van der Waals surface area contributed by atoms with Crippen molar-refractivity contribution in [2.45, 2.75) is 116 Å². The number of hydrogen-bond donors (Lipinski definition) is 0. The van der Waals surface area contributed by atoms with Crippen LogP contribution in [0.15, 0.2) is 123 Å². The van der Waals surface area contributed by atoms with E-state index in [1.54, 1.807) is 0 Å². The monoisotopic (exact) mass is 692 g/mol. The highest BCUT2D eigenvalue weighted by atomic mass is 15.2. The second-order valence-electron chi connectivity index (χ2n) is 12.3. The number of aryl methyl sites for hydroxylation is 2. The summed E-state index contributed by atoms with van der Waals surface area (Å²) in [6.45, 7) is 49.0. The molecule has 0 fully saturated rings. The van der Waals surface area contributed by atoms with Gasteiger partial charge in [0, 0.05) is 12.6 Å². The molecule has 1 unspecified atom stereocenters. The van der Waals surface area contributed by atoms with Gasteiger partial charge in [-0.15, -0.1) is 0 Å². The average molecular weight is 692 g/mol. The van der Waals surface area contributed by atoms with Gasteiger partial charge in [0.25, 0.3) is 0 Å². The Morgan fingerprint density at radius 3 is 1.27 bits per heavy atom. The highest BCUT2D eigenvalue weighted by Crippen LogP contribution is 2.22. The summed E-state index contributed by atoms with van der Waals surface area (Å²) in [5, 5.41) is 0. The zero-order valence-corrected chi connectivity index (χ0v) is 33.9. The molecule has 0 bridgehead atoms. The van der Waals surface area contributed by atoms with E-state index in [1.807, 2.05) is 97.0 Å². The lowest BCUT2D eigenvalue weighted by Crippen LogP contribution is -2.32. The Balaban J connectivity index is -0.000000635. The minimum absolute atomic E-state index is 0. The molecule has 2 heterocycles. The third kappa shape index (κ3) is 20.7. The predicted molar refractivity (Wildman–Crippen MR) is 236 cm³/mol. The molecular weight excluding hydrogens is 619 g/mol. The first-order valence-corrected chi connectivity index (χ1v) is 18.0.